The lowest BCUT2D eigenvalue weighted by molar-refractivity contribution is -0.137. The highest BCUT2D eigenvalue weighted by Gasteiger charge is 2.35. The first kappa shape index (κ1) is 12.4. The maximum atomic E-state index is 12.5. The number of nitrogens with zero attached hydrogens (tertiary/aromatic N) is 2. The summed E-state index contributed by atoms with van der Waals surface area (Å²) in [5, 5.41) is 3.41. The summed E-state index contributed by atoms with van der Waals surface area (Å²) in [4.78, 5) is 17.1. The Morgan fingerprint density at radius 1 is 1.11 bits per heavy atom. The molecule has 1 amide bonds. The largest absolute Gasteiger partial charge is 0.339 e. The lowest BCUT2D eigenvalue weighted by atomic mass is 9.91. The zero-order valence-electron chi connectivity index (χ0n) is 11.4. The Hall–Kier alpha value is -0.610. The second-order valence-electron chi connectivity index (χ2n) is 6.14. The average molecular weight is 251 g/mol. The second-order valence-corrected chi connectivity index (χ2v) is 6.14. The molecule has 0 aromatic carbocycles. The van der Waals surface area contributed by atoms with Gasteiger partial charge in [0.25, 0.3) is 0 Å². The Kier molecular flexibility index (Phi) is 3.57. The quantitative estimate of drug-likeness (QED) is 0.784. The number of piperazine rings is 1. The van der Waals surface area contributed by atoms with Gasteiger partial charge in [0, 0.05) is 32.2 Å². The molecule has 102 valence electrons. The van der Waals surface area contributed by atoms with Gasteiger partial charge in [0.2, 0.25) is 5.91 Å². The van der Waals surface area contributed by atoms with E-state index in [4.69, 9.17) is 0 Å². The summed E-state index contributed by atoms with van der Waals surface area (Å²) in [6, 6.07) is 0.917. The van der Waals surface area contributed by atoms with Crippen molar-refractivity contribution >= 4 is 5.91 Å². The minimum absolute atomic E-state index is 0.0752. The molecule has 2 aliphatic heterocycles. The van der Waals surface area contributed by atoms with Crippen LogP contribution in [0.3, 0.4) is 0 Å². The zero-order chi connectivity index (χ0) is 12.5. The fraction of sp³-hybridized carbons (Fsp3) is 0.929. The van der Waals surface area contributed by atoms with E-state index in [1.54, 1.807) is 0 Å². The van der Waals surface area contributed by atoms with Crippen LogP contribution in [-0.2, 0) is 4.79 Å². The van der Waals surface area contributed by atoms with Gasteiger partial charge in [-0.2, -0.15) is 0 Å². The molecule has 1 saturated carbocycles. The third kappa shape index (κ3) is 2.54. The van der Waals surface area contributed by atoms with E-state index >= 15 is 0 Å². The van der Waals surface area contributed by atoms with E-state index in [1.165, 1.54) is 25.7 Å². The Balaban J connectivity index is 1.53. The van der Waals surface area contributed by atoms with Crippen LogP contribution < -0.4 is 5.32 Å². The van der Waals surface area contributed by atoms with Crippen LogP contribution >= 0.6 is 0 Å². The third-order valence-corrected chi connectivity index (χ3v) is 4.72. The summed E-state index contributed by atoms with van der Waals surface area (Å²) < 4.78 is 0. The number of hydrogen-bond acceptors (Lipinski definition) is 3. The molecular weight excluding hydrogens is 226 g/mol. The van der Waals surface area contributed by atoms with E-state index < -0.39 is 0 Å². The van der Waals surface area contributed by atoms with Gasteiger partial charge in [-0.1, -0.05) is 6.92 Å². The monoisotopic (exact) mass is 251 g/mol. The van der Waals surface area contributed by atoms with E-state index in [0.717, 1.165) is 38.8 Å². The third-order valence-electron chi connectivity index (χ3n) is 4.72. The molecule has 3 rings (SSSR count). The number of carbonyl (C=O) groups excluding carboxylic acids is 1. The van der Waals surface area contributed by atoms with Gasteiger partial charge in [-0.3, -0.25) is 9.69 Å². The van der Waals surface area contributed by atoms with Crippen molar-refractivity contribution in [2.75, 3.05) is 32.7 Å². The van der Waals surface area contributed by atoms with Crippen LogP contribution in [0.2, 0.25) is 0 Å². The highest BCUT2D eigenvalue weighted by Crippen LogP contribution is 2.27. The molecule has 0 aromatic rings. The minimum atomic E-state index is 0.0752. The maximum Gasteiger partial charge on any atom is 0.240 e. The topological polar surface area (TPSA) is 35.6 Å². The smallest absolute Gasteiger partial charge is 0.240 e. The van der Waals surface area contributed by atoms with Crippen LogP contribution in [0.1, 0.15) is 32.6 Å². The molecule has 1 N–H and O–H groups in total. The van der Waals surface area contributed by atoms with Gasteiger partial charge in [-0.25, -0.2) is 0 Å². The fourth-order valence-electron chi connectivity index (χ4n) is 3.32. The molecule has 3 fully saturated rings. The Morgan fingerprint density at radius 3 is 2.44 bits per heavy atom. The van der Waals surface area contributed by atoms with Crippen molar-refractivity contribution in [3.8, 4) is 0 Å². The Labute approximate surface area is 110 Å². The molecule has 4 nitrogen and oxygen atoms in total. The van der Waals surface area contributed by atoms with Crippen molar-refractivity contribution in [1.29, 1.82) is 0 Å². The van der Waals surface area contributed by atoms with Gasteiger partial charge in [0.15, 0.2) is 0 Å². The molecule has 2 heterocycles. The van der Waals surface area contributed by atoms with Gasteiger partial charge in [-0.15, -0.1) is 0 Å². The van der Waals surface area contributed by atoms with Gasteiger partial charge in [0.1, 0.15) is 0 Å². The summed E-state index contributed by atoms with van der Waals surface area (Å²) in [6.45, 7) is 7.23. The summed E-state index contributed by atoms with van der Waals surface area (Å²) in [5.41, 5.74) is 0. The number of amides is 1. The van der Waals surface area contributed by atoms with Crippen molar-refractivity contribution in [3.63, 3.8) is 0 Å². The lowest BCUT2D eigenvalue weighted by Gasteiger charge is -2.39. The van der Waals surface area contributed by atoms with Crippen LogP contribution in [0.5, 0.6) is 0 Å². The number of nitrogens with one attached hydrogen (secondary N) is 1. The first-order valence-corrected chi connectivity index (χ1v) is 7.52. The van der Waals surface area contributed by atoms with Crippen molar-refractivity contribution in [2.45, 2.75) is 44.7 Å². The predicted molar refractivity (Wildman–Crippen MR) is 71.4 cm³/mol. The van der Waals surface area contributed by atoms with Crippen molar-refractivity contribution < 1.29 is 4.79 Å². The number of carbonyl (C=O) groups is 1. The minimum Gasteiger partial charge on any atom is -0.339 e. The zero-order valence-corrected chi connectivity index (χ0v) is 11.4. The molecule has 2 atom stereocenters. The number of rotatable bonds is 2. The van der Waals surface area contributed by atoms with Crippen molar-refractivity contribution in [3.05, 3.63) is 0 Å². The predicted octanol–water partition coefficient (Wildman–Crippen LogP) is 0.681. The number of piperidine rings is 1. The fourth-order valence-corrected chi connectivity index (χ4v) is 3.32. The molecule has 0 bridgehead atoms. The van der Waals surface area contributed by atoms with Crippen LogP contribution in [-0.4, -0.2) is 60.5 Å². The normalized spacial score (nSPS) is 34.6. The van der Waals surface area contributed by atoms with Gasteiger partial charge in [-0.05, 0) is 38.1 Å². The number of hydrogen-bond donors (Lipinski definition) is 1. The lowest BCUT2D eigenvalue weighted by Crippen LogP contribution is -2.57. The average Bonchev–Trinajstić information content (AvgIpc) is 3.23. The van der Waals surface area contributed by atoms with Gasteiger partial charge in [0.05, 0.1) is 6.04 Å². The van der Waals surface area contributed by atoms with E-state index in [2.05, 4.69) is 22.0 Å². The summed E-state index contributed by atoms with van der Waals surface area (Å²) in [6.07, 6.45) is 5.14. The van der Waals surface area contributed by atoms with Gasteiger partial charge >= 0.3 is 0 Å². The van der Waals surface area contributed by atoms with Crippen molar-refractivity contribution in [2.24, 2.45) is 5.92 Å². The van der Waals surface area contributed by atoms with E-state index in [0.29, 0.717) is 11.8 Å². The summed E-state index contributed by atoms with van der Waals surface area (Å²) >= 11 is 0. The molecule has 1 aliphatic carbocycles. The van der Waals surface area contributed by atoms with Crippen LogP contribution in [0.25, 0.3) is 0 Å². The molecular formula is C14H25N3O. The molecule has 3 aliphatic rings. The van der Waals surface area contributed by atoms with Crippen LogP contribution in [0.4, 0.5) is 0 Å². The highest BCUT2D eigenvalue weighted by molar-refractivity contribution is 5.82. The van der Waals surface area contributed by atoms with Gasteiger partial charge < -0.3 is 10.2 Å². The first-order valence-electron chi connectivity index (χ1n) is 7.52. The summed E-state index contributed by atoms with van der Waals surface area (Å²) in [7, 11) is 0. The summed E-state index contributed by atoms with van der Waals surface area (Å²) in [5.74, 6) is 0.838. The van der Waals surface area contributed by atoms with E-state index in [-0.39, 0.29) is 6.04 Å². The van der Waals surface area contributed by atoms with E-state index in [9.17, 15) is 4.79 Å². The van der Waals surface area contributed by atoms with Crippen molar-refractivity contribution in [1.82, 2.24) is 15.1 Å². The molecule has 18 heavy (non-hydrogen) atoms. The Morgan fingerprint density at radius 2 is 1.83 bits per heavy atom. The molecule has 2 unspecified atom stereocenters. The SMILES string of the molecule is CC1CCCNC1C(=O)N1CCN(C2CC2)CC1. The molecule has 0 aromatic heterocycles. The van der Waals surface area contributed by atoms with E-state index in [1.807, 2.05) is 0 Å². The van der Waals surface area contributed by atoms with Crippen LogP contribution in [0, 0.1) is 5.92 Å². The molecule has 2 saturated heterocycles. The molecule has 0 spiro atoms. The highest BCUT2D eigenvalue weighted by atomic mass is 16.2. The van der Waals surface area contributed by atoms with Crippen LogP contribution in [0.15, 0.2) is 0 Å². The standard InChI is InChI=1S/C14H25N3O/c1-11-3-2-6-15-13(11)14(18)17-9-7-16(8-10-17)12-4-5-12/h11-13,15H,2-10H2,1H3. The first-order chi connectivity index (χ1) is 8.75. The Bertz CT molecular complexity index is 308. The second kappa shape index (κ2) is 5.17. The maximum absolute atomic E-state index is 12.5. The molecule has 0 radical (unpaired) electrons. The molecule has 4 heteroatoms.